The van der Waals surface area contributed by atoms with Gasteiger partial charge in [0.15, 0.2) is 0 Å². The molecule has 1 aliphatic carbocycles. The Labute approximate surface area is 107 Å². The van der Waals surface area contributed by atoms with E-state index in [1.54, 1.807) is 12.3 Å². The third-order valence-electron chi connectivity index (χ3n) is 2.37. The van der Waals surface area contributed by atoms with Gasteiger partial charge in [-0.25, -0.2) is 4.98 Å². The molecule has 1 aliphatic rings. The smallest absolute Gasteiger partial charge is 0.123 e. The Morgan fingerprint density at radius 2 is 2.12 bits per heavy atom. The van der Waals surface area contributed by atoms with E-state index < -0.39 is 6.10 Å². The molecule has 4 nitrogen and oxygen atoms in total. The summed E-state index contributed by atoms with van der Waals surface area (Å²) >= 11 is 0. The monoisotopic (exact) mass is 265 g/mol. The van der Waals surface area contributed by atoms with Gasteiger partial charge >= 0.3 is 0 Å². The molecule has 0 spiro atoms. The van der Waals surface area contributed by atoms with Crippen molar-refractivity contribution in [3.05, 3.63) is 23.9 Å². The van der Waals surface area contributed by atoms with Crippen molar-refractivity contribution in [1.29, 1.82) is 0 Å². The summed E-state index contributed by atoms with van der Waals surface area (Å²) in [4.78, 5) is 3.93. The van der Waals surface area contributed by atoms with Crippen LogP contribution in [0.5, 0.6) is 0 Å². The Morgan fingerprint density at radius 1 is 1.44 bits per heavy atom. The molecule has 0 saturated heterocycles. The van der Waals surface area contributed by atoms with Gasteiger partial charge in [0.1, 0.15) is 5.82 Å². The van der Waals surface area contributed by atoms with Gasteiger partial charge in [-0.2, -0.15) is 0 Å². The van der Waals surface area contributed by atoms with Crippen molar-refractivity contribution in [1.82, 2.24) is 10.3 Å². The van der Waals surface area contributed by atoms with Crippen LogP contribution in [0.3, 0.4) is 0 Å². The van der Waals surface area contributed by atoms with Crippen LogP contribution in [0.4, 0.5) is 5.82 Å². The van der Waals surface area contributed by atoms with E-state index in [1.165, 1.54) is 12.8 Å². The van der Waals surface area contributed by atoms with Gasteiger partial charge in [-0.05, 0) is 18.9 Å². The van der Waals surface area contributed by atoms with E-state index in [1.807, 2.05) is 6.07 Å². The van der Waals surface area contributed by atoms with Crippen LogP contribution in [0, 0.1) is 0 Å². The van der Waals surface area contributed by atoms with E-state index in [4.69, 9.17) is 5.73 Å². The number of nitrogens with two attached hydrogens (primary N) is 1. The van der Waals surface area contributed by atoms with Crippen LogP contribution in [0.15, 0.2) is 18.3 Å². The number of anilines is 1. The van der Waals surface area contributed by atoms with E-state index in [2.05, 4.69) is 10.3 Å². The lowest BCUT2D eigenvalue weighted by Gasteiger charge is -2.11. The molecule has 1 aromatic heterocycles. The number of hydrogen-bond donors (Lipinski definition) is 3. The summed E-state index contributed by atoms with van der Waals surface area (Å²) in [5.74, 6) is 0.483. The summed E-state index contributed by atoms with van der Waals surface area (Å²) < 4.78 is 0. The number of nitrogens with one attached hydrogen (secondary N) is 1. The molecule has 1 atom stereocenters. The lowest BCUT2D eigenvalue weighted by atomic mass is 10.1. The second kappa shape index (κ2) is 6.91. The molecule has 1 fully saturated rings. The minimum Gasteiger partial charge on any atom is -0.387 e. The molecule has 0 radical (unpaired) electrons. The second-order valence-electron chi connectivity index (χ2n) is 3.71. The first kappa shape index (κ1) is 15.4. The largest absolute Gasteiger partial charge is 0.387 e. The highest BCUT2D eigenvalue weighted by atomic mass is 35.5. The molecular weight excluding hydrogens is 249 g/mol. The maximum Gasteiger partial charge on any atom is 0.123 e. The van der Waals surface area contributed by atoms with Crippen molar-refractivity contribution in [2.75, 3.05) is 12.3 Å². The number of rotatable bonds is 4. The summed E-state index contributed by atoms with van der Waals surface area (Å²) in [7, 11) is 0. The number of nitrogen functional groups attached to an aromatic ring is 1. The molecule has 0 aromatic carbocycles. The number of hydrogen-bond acceptors (Lipinski definition) is 4. The van der Waals surface area contributed by atoms with Gasteiger partial charge in [-0.1, -0.05) is 6.07 Å². The van der Waals surface area contributed by atoms with Gasteiger partial charge in [0.05, 0.1) is 6.10 Å². The molecule has 0 bridgehead atoms. The molecule has 4 N–H and O–H groups in total. The number of halogens is 2. The van der Waals surface area contributed by atoms with Crippen LogP contribution in [0.25, 0.3) is 0 Å². The normalized spacial score (nSPS) is 15.8. The zero-order valence-electron chi connectivity index (χ0n) is 8.80. The summed E-state index contributed by atoms with van der Waals surface area (Å²) in [6.45, 7) is 0.594. The van der Waals surface area contributed by atoms with E-state index in [0.29, 0.717) is 18.4 Å². The number of pyridine rings is 1. The number of aliphatic hydroxyl groups excluding tert-OH is 1. The Balaban J connectivity index is 0.00000112. The van der Waals surface area contributed by atoms with Crippen LogP contribution >= 0.6 is 24.8 Å². The Kier molecular flexibility index (Phi) is 6.67. The highest BCUT2D eigenvalue weighted by molar-refractivity contribution is 5.85. The fraction of sp³-hybridized carbons (Fsp3) is 0.500. The maximum atomic E-state index is 9.74. The van der Waals surface area contributed by atoms with E-state index in [9.17, 15) is 5.11 Å². The maximum absolute atomic E-state index is 9.74. The van der Waals surface area contributed by atoms with Crippen LogP contribution in [0.2, 0.25) is 0 Å². The highest BCUT2D eigenvalue weighted by Crippen LogP contribution is 2.20. The molecule has 0 unspecified atom stereocenters. The standard InChI is InChI=1S/C10H15N3O.2ClH/c11-10-4-1-7(5-13-10)9(14)6-12-8-2-3-8;;/h1,4-5,8-9,12,14H,2-3,6H2,(H2,11,13);2*1H/t9-;;/m0../s1. The predicted molar refractivity (Wildman–Crippen MR) is 69.1 cm³/mol. The molecule has 0 aliphatic heterocycles. The van der Waals surface area contributed by atoms with Gasteiger partial charge in [-0.15, -0.1) is 24.8 Å². The second-order valence-corrected chi connectivity index (χ2v) is 3.71. The Hall–Kier alpha value is -0.550. The third kappa shape index (κ3) is 4.53. The molecule has 6 heteroatoms. The zero-order chi connectivity index (χ0) is 9.97. The van der Waals surface area contributed by atoms with Gasteiger partial charge in [0, 0.05) is 24.3 Å². The first-order valence-electron chi connectivity index (χ1n) is 4.88. The Morgan fingerprint density at radius 3 is 2.62 bits per heavy atom. The van der Waals surface area contributed by atoms with Crippen LogP contribution in [0.1, 0.15) is 24.5 Å². The number of nitrogens with zero attached hydrogens (tertiary/aromatic N) is 1. The summed E-state index contributed by atoms with van der Waals surface area (Å²) in [6.07, 6.45) is 3.59. The van der Waals surface area contributed by atoms with Crippen LogP contribution < -0.4 is 11.1 Å². The first-order valence-corrected chi connectivity index (χ1v) is 4.88. The van der Waals surface area contributed by atoms with Crippen molar-refractivity contribution in [2.45, 2.75) is 25.0 Å². The highest BCUT2D eigenvalue weighted by Gasteiger charge is 2.21. The minimum absolute atomic E-state index is 0. The molecule has 1 aromatic rings. The number of aliphatic hydroxyl groups is 1. The van der Waals surface area contributed by atoms with Gasteiger partial charge in [-0.3, -0.25) is 0 Å². The topological polar surface area (TPSA) is 71.2 Å². The van der Waals surface area contributed by atoms with Crippen molar-refractivity contribution >= 4 is 30.6 Å². The quantitative estimate of drug-likeness (QED) is 0.768. The zero-order valence-corrected chi connectivity index (χ0v) is 10.4. The molecule has 0 amide bonds. The van der Waals surface area contributed by atoms with E-state index >= 15 is 0 Å². The third-order valence-corrected chi connectivity index (χ3v) is 2.37. The minimum atomic E-state index is -0.483. The molecule has 16 heavy (non-hydrogen) atoms. The fourth-order valence-corrected chi connectivity index (χ4v) is 1.30. The number of aromatic nitrogens is 1. The lowest BCUT2D eigenvalue weighted by Crippen LogP contribution is -2.23. The molecule has 92 valence electrons. The van der Waals surface area contributed by atoms with Crippen LogP contribution in [-0.2, 0) is 0 Å². The van der Waals surface area contributed by atoms with Gasteiger partial charge in [0.25, 0.3) is 0 Å². The molecular formula is C10H17Cl2N3O. The van der Waals surface area contributed by atoms with Gasteiger partial charge < -0.3 is 16.2 Å². The van der Waals surface area contributed by atoms with Gasteiger partial charge in [0.2, 0.25) is 0 Å². The summed E-state index contributed by atoms with van der Waals surface area (Å²) in [5.41, 5.74) is 6.26. The predicted octanol–water partition coefficient (Wildman–Crippen LogP) is 1.29. The van der Waals surface area contributed by atoms with E-state index in [0.717, 1.165) is 5.56 Å². The van der Waals surface area contributed by atoms with Crippen molar-refractivity contribution < 1.29 is 5.11 Å². The Bertz CT molecular complexity index is 303. The van der Waals surface area contributed by atoms with Crippen LogP contribution in [-0.4, -0.2) is 22.7 Å². The molecule has 1 heterocycles. The SMILES string of the molecule is Cl.Cl.Nc1ccc([C@@H](O)CNC2CC2)cn1. The van der Waals surface area contributed by atoms with E-state index in [-0.39, 0.29) is 24.8 Å². The first-order chi connectivity index (χ1) is 6.75. The molecule has 1 saturated carbocycles. The molecule has 2 rings (SSSR count). The lowest BCUT2D eigenvalue weighted by molar-refractivity contribution is 0.174. The van der Waals surface area contributed by atoms with Crippen molar-refractivity contribution in [3.63, 3.8) is 0 Å². The summed E-state index contributed by atoms with van der Waals surface area (Å²) in [6, 6.07) is 4.13. The summed E-state index contributed by atoms with van der Waals surface area (Å²) in [5, 5.41) is 13.0. The fourth-order valence-electron chi connectivity index (χ4n) is 1.30. The average Bonchev–Trinajstić information content (AvgIpc) is 2.99. The van der Waals surface area contributed by atoms with Crippen molar-refractivity contribution in [2.24, 2.45) is 0 Å². The van der Waals surface area contributed by atoms with Crippen molar-refractivity contribution in [3.8, 4) is 0 Å². The average molecular weight is 266 g/mol.